The van der Waals surface area contributed by atoms with E-state index >= 15 is 0 Å². The van der Waals surface area contributed by atoms with E-state index in [1.165, 1.54) is 0 Å². The van der Waals surface area contributed by atoms with Crippen LogP contribution in [0.5, 0.6) is 0 Å². The van der Waals surface area contributed by atoms with Gasteiger partial charge in [0.15, 0.2) is 0 Å². The summed E-state index contributed by atoms with van der Waals surface area (Å²) in [6, 6.07) is 0. The molecule has 2 nitrogen and oxygen atoms in total. The van der Waals surface area contributed by atoms with Crippen LogP contribution in [0.2, 0.25) is 0 Å². The highest BCUT2D eigenvalue weighted by Crippen LogP contribution is 1.89. The predicted molar refractivity (Wildman–Crippen MR) is 41.8 cm³/mol. The van der Waals surface area contributed by atoms with E-state index in [0.29, 0.717) is 6.61 Å². The largest absolute Gasteiger partial charge is 0.396 e. The van der Waals surface area contributed by atoms with Gasteiger partial charge in [0.25, 0.3) is 0 Å². The maximum atomic E-state index is 9.09. The Bertz CT molecular complexity index is 63.6. The first-order chi connectivity index (χ1) is 4.15. The van der Waals surface area contributed by atoms with Gasteiger partial charge in [0.05, 0.1) is 0 Å². The lowest BCUT2D eigenvalue weighted by Gasteiger charge is -1.79. The highest BCUT2D eigenvalue weighted by Gasteiger charge is 1.69. The van der Waals surface area contributed by atoms with E-state index in [2.05, 4.69) is 28.3 Å². The third-order valence-corrected chi connectivity index (χ3v) is 0.512. The zero-order valence-corrected chi connectivity index (χ0v) is 7.47. The standard InChI is InChI=1S/C4H10O.Cl2OS/c1-2-3-4-5;1-4(2)3/h5H,2-4H2,1H3;. The molecule has 0 amide bonds. The van der Waals surface area contributed by atoms with Crippen LogP contribution in [0.1, 0.15) is 19.8 Å². The molecule has 0 atom stereocenters. The third kappa shape index (κ3) is 53.7. The molecule has 0 aliphatic carbocycles. The fourth-order valence-electron chi connectivity index (χ4n) is 0.158. The summed E-state index contributed by atoms with van der Waals surface area (Å²) in [5.74, 6) is 0. The van der Waals surface area contributed by atoms with Crippen molar-refractivity contribution in [2.45, 2.75) is 19.8 Å². The van der Waals surface area contributed by atoms with Crippen molar-refractivity contribution < 1.29 is 9.32 Å². The number of rotatable bonds is 2. The monoisotopic (exact) mass is 192 g/mol. The molecule has 1 N–H and O–H groups in total. The Hall–Kier alpha value is 0.690. The summed E-state index contributed by atoms with van der Waals surface area (Å²) in [7, 11) is 7.36. The highest BCUT2D eigenvalue weighted by atomic mass is 36.0. The second kappa shape index (κ2) is 11.5. The lowest BCUT2D eigenvalue weighted by Crippen LogP contribution is -1.75. The SMILES string of the molecule is CCCCO.O=S(Cl)Cl. The first-order valence-corrected chi connectivity index (χ1v) is 5.30. The Labute approximate surface area is 66.6 Å². The van der Waals surface area contributed by atoms with Crippen LogP contribution in [-0.4, -0.2) is 15.9 Å². The second-order valence-corrected chi connectivity index (χ2v) is 3.79. The Morgan fingerprint density at radius 2 is 1.89 bits per heavy atom. The predicted octanol–water partition coefficient (Wildman–Crippen LogP) is 1.82. The molecule has 0 saturated carbocycles. The lowest BCUT2D eigenvalue weighted by molar-refractivity contribution is 0.287. The van der Waals surface area contributed by atoms with Crippen LogP contribution in [0.4, 0.5) is 0 Å². The van der Waals surface area contributed by atoms with Gasteiger partial charge < -0.3 is 5.11 Å². The quantitative estimate of drug-likeness (QED) is 0.679. The number of aliphatic hydroxyl groups is 1. The molecule has 0 rings (SSSR count). The summed E-state index contributed by atoms with van der Waals surface area (Å²) >= 11 is 0. The van der Waals surface area contributed by atoms with Gasteiger partial charge in [-0.05, 0) is 6.42 Å². The first-order valence-electron chi connectivity index (χ1n) is 2.50. The van der Waals surface area contributed by atoms with Gasteiger partial charge in [-0.15, -0.1) is 0 Å². The van der Waals surface area contributed by atoms with E-state index in [-0.39, 0.29) is 0 Å². The normalized spacial score (nSPS) is 8.56. The van der Waals surface area contributed by atoms with Crippen LogP contribution in [-0.2, 0) is 9.23 Å². The maximum Gasteiger partial charge on any atom is 0.211 e. The molecule has 0 fully saturated rings. The molecule has 0 unspecified atom stereocenters. The van der Waals surface area contributed by atoms with Crippen molar-refractivity contribution in [3.05, 3.63) is 0 Å². The van der Waals surface area contributed by atoms with E-state index in [4.69, 9.17) is 9.32 Å². The van der Waals surface area contributed by atoms with Gasteiger partial charge >= 0.3 is 0 Å². The summed E-state index contributed by atoms with van der Waals surface area (Å²) in [6.45, 7) is 2.40. The zero-order valence-electron chi connectivity index (χ0n) is 5.14. The summed E-state index contributed by atoms with van der Waals surface area (Å²) in [5.41, 5.74) is 0. The fraction of sp³-hybridized carbons (Fsp3) is 1.00. The molecule has 0 aromatic carbocycles. The third-order valence-electron chi connectivity index (χ3n) is 0.512. The zero-order chi connectivity index (χ0) is 7.70. The number of hydrogen-bond donors (Lipinski definition) is 1. The molecule has 5 heteroatoms. The molecule has 9 heavy (non-hydrogen) atoms. The van der Waals surface area contributed by atoms with Crippen LogP contribution < -0.4 is 0 Å². The smallest absolute Gasteiger partial charge is 0.211 e. The second-order valence-electron chi connectivity index (χ2n) is 1.26. The first kappa shape index (κ1) is 12.4. The molecule has 0 aromatic heterocycles. The summed E-state index contributed by atoms with van der Waals surface area (Å²) in [6.07, 6.45) is 2.04. The van der Waals surface area contributed by atoms with Crippen molar-refractivity contribution in [2.75, 3.05) is 6.61 Å². The number of aliphatic hydroxyl groups excluding tert-OH is 1. The molecule has 0 bridgehead atoms. The summed E-state index contributed by atoms with van der Waals surface area (Å²) < 4.78 is 9.09. The minimum absolute atomic E-state index is 0.344. The Kier molecular flexibility index (Phi) is 15.8. The summed E-state index contributed by atoms with van der Waals surface area (Å²) in [4.78, 5) is 0. The van der Waals surface area contributed by atoms with Gasteiger partial charge in [-0.25, -0.2) is 4.21 Å². The minimum Gasteiger partial charge on any atom is -0.396 e. The van der Waals surface area contributed by atoms with Crippen LogP contribution in [0.15, 0.2) is 0 Å². The molecule has 0 aromatic rings. The van der Waals surface area contributed by atoms with Crippen molar-refractivity contribution in [1.29, 1.82) is 0 Å². The van der Waals surface area contributed by atoms with E-state index in [0.717, 1.165) is 12.8 Å². The molecule has 0 spiro atoms. The van der Waals surface area contributed by atoms with Crippen LogP contribution in [0.25, 0.3) is 0 Å². The van der Waals surface area contributed by atoms with Gasteiger partial charge in [0.2, 0.25) is 9.23 Å². The van der Waals surface area contributed by atoms with Crippen LogP contribution >= 0.6 is 21.4 Å². The van der Waals surface area contributed by atoms with E-state index < -0.39 is 9.23 Å². The molecule has 0 radical (unpaired) electrons. The molecule has 0 aliphatic heterocycles. The fourth-order valence-corrected chi connectivity index (χ4v) is 0.158. The van der Waals surface area contributed by atoms with Crippen molar-refractivity contribution >= 4 is 30.6 Å². The Morgan fingerprint density at radius 1 is 1.56 bits per heavy atom. The van der Waals surface area contributed by atoms with Crippen molar-refractivity contribution in [3.63, 3.8) is 0 Å². The number of halogens is 2. The van der Waals surface area contributed by atoms with Gasteiger partial charge in [-0.1, -0.05) is 13.3 Å². The van der Waals surface area contributed by atoms with E-state index in [1.807, 2.05) is 0 Å². The number of hydrogen-bond acceptors (Lipinski definition) is 2. The Balaban J connectivity index is 0. The average Bonchev–Trinajstić information content (AvgIpc) is 1.66. The maximum absolute atomic E-state index is 9.09. The lowest BCUT2D eigenvalue weighted by atomic mass is 10.4. The van der Waals surface area contributed by atoms with Gasteiger partial charge in [-0.2, -0.15) is 0 Å². The minimum atomic E-state index is -1.67. The van der Waals surface area contributed by atoms with Crippen LogP contribution in [0.3, 0.4) is 0 Å². The van der Waals surface area contributed by atoms with Crippen LogP contribution in [0, 0.1) is 0 Å². The molecule has 58 valence electrons. The summed E-state index contributed by atoms with van der Waals surface area (Å²) in [5, 5.41) is 8.07. The van der Waals surface area contributed by atoms with Crippen molar-refractivity contribution in [3.8, 4) is 0 Å². The van der Waals surface area contributed by atoms with Gasteiger partial charge in [0, 0.05) is 28.0 Å². The van der Waals surface area contributed by atoms with Crippen molar-refractivity contribution in [2.24, 2.45) is 0 Å². The molecule has 0 saturated heterocycles. The molecular formula is C4H10Cl2O2S. The number of unbranched alkanes of at least 4 members (excludes halogenated alkanes) is 1. The molecule has 0 aliphatic rings. The topological polar surface area (TPSA) is 37.3 Å². The highest BCUT2D eigenvalue weighted by molar-refractivity contribution is 8.26. The van der Waals surface area contributed by atoms with Crippen molar-refractivity contribution in [1.82, 2.24) is 0 Å². The van der Waals surface area contributed by atoms with E-state index in [1.54, 1.807) is 0 Å². The molecule has 0 heterocycles. The molecular weight excluding hydrogens is 183 g/mol. The van der Waals surface area contributed by atoms with Gasteiger partial charge in [0.1, 0.15) is 0 Å². The van der Waals surface area contributed by atoms with Gasteiger partial charge in [-0.3, -0.25) is 0 Å². The van der Waals surface area contributed by atoms with E-state index in [9.17, 15) is 0 Å². The Morgan fingerprint density at radius 3 is 1.89 bits per heavy atom. The average molecular weight is 193 g/mol.